The van der Waals surface area contributed by atoms with Crippen molar-refractivity contribution < 1.29 is 23.8 Å². The molecule has 8 heteroatoms. The van der Waals surface area contributed by atoms with Crippen molar-refractivity contribution in [3.05, 3.63) is 0 Å². The second kappa shape index (κ2) is 14.2. The summed E-state index contributed by atoms with van der Waals surface area (Å²) in [5.41, 5.74) is 0. The maximum Gasteiger partial charge on any atom is 0.315 e. The Hall–Kier alpha value is -0.830. The smallest absolute Gasteiger partial charge is 0.315 e. The first kappa shape index (κ1) is 23.4. The number of unbranched alkanes of at least 4 members (excludes halogenated alkanes) is 2. The molecule has 2 aliphatic heterocycles. The summed E-state index contributed by atoms with van der Waals surface area (Å²) in [6.45, 7) is 5.79. The maximum absolute atomic E-state index is 12.0. The number of thioether (sulfide) groups is 1. The van der Waals surface area contributed by atoms with E-state index in [1.807, 2.05) is 18.7 Å². The summed E-state index contributed by atoms with van der Waals surface area (Å²) in [5, 5.41) is 6.46. The number of carbonyl (C=O) groups excluding carboxylic acids is 2. The summed E-state index contributed by atoms with van der Waals surface area (Å²) >= 11 is 1.93. The van der Waals surface area contributed by atoms with Gasteiger partial charge >= 0.3 is 6.03 Å². The molecule has 7 nitrogen and oxygen atoms in total. The van der Waals surface area contributed by atoms with Crippen molar-refractivity contribution in [1.29, 1.82) is 0 Å². The van der Waals surface area contributed by atoms with Gasteiger partial charge in [0, 0.05) is 37.1 Å². The predicted molar refractivity (Wildman–Crippen MR) is 111 cm³/mol. The SMILES string of the molecule is CCOCCOCCOCCCCC(=O)CCCCC1SCC2NC(=O)NC21. The van der Waals surface area contributed by atoms with Crippen LogP contribution in [0.25, 0.3) is 0 Å². The van der Waals surface area contributed by atoms with Crippen LogP contribution in [0.15, 0.2) is 0 Å². The molecule has 2 N–H and O–H groups in total. The highest BCUT2D eigenvalue weighted by Gasteiger charge is 2.42. The fraction of sp³-hybridized carbons (Fsp3) is 0.900. The Balaban J connectivity index is 1.34. The molecule has 2 heterocycles. The van der Waals surface area contributed by atoms with Crippen LogP contribution in [0.5, 0.6) is 0 Å². The molecule has 0 radical (unpaired) electrons. The molecule has 0 aromatic rings. The van der Waals surface area contributed by atoms with Crippen LogP contribution < -0.4 is 10.6 Å². The zero-order valence-corrected chi connectivity index (χ0v) is 17.9. The lowest BCUT2D eigenvalue weighted by Gasteiger charge is -2.16. The van der Waals surface area contributed by atoms with E-state index in [2.05, 4.69) is 10.6 Å². The van der Waals surface area contributed by atoms with Crippen LogP contribution in [0.3, 0.4) is 0 Å². The van der Waals surface area contributed by atoms with Gasteiger partial charge in [-0.05, 0) is 32.6 Å². The molecule has 0 aromatic carbocycles. The van der Waals surface area contributed by atoms with E-state index >= 15 is 0 Å². The van der Waals surface area contributed by atoms with E-state index in [-0.39, 0.29) is 18.1 Å². The summed E-state index contributed by atoms with van der Waals surface area (Å²) in [6, 6.07) is 0.518. The largest absolute Gasteiger partial charge is 0.379 e. The third-order valence-corrected chi connectivity index (χ3v) is 6.58. The second-order valence-corrected chi connectivity index (χ2v) is 8.56. The molecule has 2 rings (SSSR count). The molecular weight excluding hydrogens is 380 g/mol. The normalized spacial score (nSPS) is 23.5. The van der Waals surface area contributed by atoms with Crippen molar-refractivity contribution in [3.63, 3.8) is 0 Å². The molecule has 0 bridgehead atoms. The molecule has 0 spiro atoms. The topological polar surface area (TPSA) is 85.9 Å². The van der Waals surface area contributed by atoms with E-state index in [1.165, 1.54) is 0 Å². The third-order valence-electron chi connectivity index (χ3n) is 5.07. The van der Waals surface area contributed by atoms with Crippen LogP contribution in [0, 0.1) is 0 Å². The van der Waals surface area contributed by atoms with Gasteiger partial charge in [-0.1, -0.05) is 6.42 Å². The number of fused-ring (bicyclic) bond motifs is 1. The summed E-state index contributed by atoms with van der Waals surface area (Å²) in [7, 11) is 0. The van der Waals surface area contributed by atoms with Crippen LogP contribution in [0.2, 0.25) is 0 Å². The minimum absolute atomic E-state index is 0.0337. The number of carbonyl (C=O) groups is 2. The van der Waals surface area contributed by atoms with E-state index in [1.54, 1.807) is 0 Å². The number of hydrogen-bond acceptors (Lipinski definition) is 6. The molecule has 0 saturated carbocycles. The van der Waals surface area contributed by atoms with Crippen molar-refractivity contribution >= 4 is 23.6 Å². The van der Waals surface area contributed by atoms with Crippen LogP contribution in [-0.4, -0.2) is 74.5 Å². The number of rotatable bonds is 17. The maximum atomic E-state index is 12.0. The van der Waals surface area contributed by atoms with Gasteiger partial charge in [-0.25, -0.2) is 4.79 Å². The number of nitrogens with one attached hydrogen (secondary N) is 2. The molecule has 2 amide bonds. The molecular formula is C20H36N2O5S. The first-order valence-electron chi connectivity index (χ1n) is 10.6. The van der Waals surface area contributed by atoms with Gasteiger partial charge in [-0.2, -0.15) is 11.8 Å². The summed E-state index contributed by atoms with van der Waals surface area (Å²) in [5.74, 6) is 1.35. The highest BCUT2D eigenvalue weighted by Crippen LogP contribution is 2.33. The average molecular weight is 417 g/mol. The predicted octanol–water partition coefficient (Wildman–Crippen LogP) is 2.52. The fourth-order valence-corrected chi connectivity index (χ4v) is 5.09. The van der Waals surface area contributed by atoms with Crippen molar-refractivity contribution in [2.24, 2.45) is 0 Å². The van der Waals surface area contributed by atoms with Gasteiger partial charge in [0.1, 0.15) is 5.78 Å². The van der Waals surface area contributed by atoms with Crippen molar-refractivity contribution in [2.75, 3.05) is 45.4 Å². The molecule has 162 valence electrons. The minimum atomic E-state index is -0.0337. The number of amides is 2. The molecule has 2 aliphatic rings. The van der Waals surface area contributed by atoms with E-state index in [9.17, 15) is 9.59 Å². The molecule has 3 unspecified atom stereocenters. The number of hydrogen-bond donors (Lipinski definition) is 2. The highest BCUT2D eigenvalue weighted by atomic mass is 32.2. The zero-order chi connectivity index (χ0) is 20.0. The highest BCUT2D eigenvalue weighted by molar-refractivity contribution is 8.00. The first-order valence-corrected chi connectivity index (χ1v) is 11.7. The Morgan fingerprint density at radius 3 is 2.39 bits per heavy atom. The Kier molecular flexibility index (Phi) is 11.9. The summed E-state index contributed by atoms with van der Waals surface area (Å²) in [6.07, 6.45) is 6.20. The van der Waals surface area contributed by atoms with Crippen molar-refractivity contribution in [2.45, 2.75) is 69.2 Å². The fourth-order valence-electron chi connectivity index (χ4n) is 3.55. The quantitative estimate of drug-likeness (QED) is 0.280. The molecule has 2 saturated heterocycles. The van der Waals surface area contributed by atoms with Crippen LogP contribution in [-0.2, 0) is 19.0 Å². The van der Waals surface area contributed by atoms with Crippen molar-refractivity contribution in [1.82, 2.24) is 10.6 Å². The van der Waals surface area contributed by atoms with Gasteiger partial charge < -0.3 is 24.8 Å². The van der Waals surface area contributed by atoms with Gasteiger partial charge in [0.15, 0.2) is 0 Å². The Morgan fingerprint density at radius 1 is 0.964 bits per heavy atom. The molecule has 0 aliphatic carbocycles. The van der Waals surface area contributed by atoms with Gasteiger partial charge in [0.25, 0.3) is 0 Å². The minimum Gasteiger partial charge on any atom is -0.379 e. The van der Waals surface area contributed by atoms with E-state index in [0.29, 0.717) is 56.9 Å². The number of ether oxygens (including phenoxy) is 3. The first-order chi connectivity index (χ1) is 13.7. The number of urea groups is 1. The summed E-state index contributed by atoms with van der Waals surface area (Å²) < 4.78 is 16.1. The summed E-state index contributed by atoms with van der Waals surface area (Å²) in [4.78, 5) is 23.4. The van der Waals surface area contributed by atoms with E-state index < -0.39 is 0 Å². The van der Waals surface area contributed by atoms with Crippen molar-refractivity contribution in [3.8, 4) is 0 Å². The number of ketones is 1. The van der Waals surface area contributed by atoms with E-state index in [0.717, 1.165) is 44.5 Å². The van der Waals surface area contributed by atoms with Crippen LogP contribution in [0.1, 0.15) is 51.9 Å². The monoisotopic (exact) mass is 416 g/mol. The Morgan fingerprint density at radius 2 is 1.64 bits per heavy atom. The standard InChI is InChI=1S/C20H36N2O5S/c1-2-25-11-12-27-14-13-26-10-6-5-8-16(23)7-3-4-9-18-19-17(15-28-18)21-20(24)22-19/h17-19H,2-15H2,1H3,(H2,21,22,24). The zero-order valence-electron chi connectivity index (χ0n) is 17.1. The Labute approximate surface area is 173 Å². The molecule has 28 heavy (non-hydrogen) atoms. The lowest BCUT2D eigenvalue weighted by atomic mass is 10.0. The van der Waals surface area contributed by atoms with Crippen LogP contribution >= 0.6 is 11.8 Å². The molecule has 0 aromatic heterocycles. The second-order valence-electron chi connectivity index (χ2n) is 7.29. The third kappa shape index (κ3) is 9.11. The molecule has 2 fully saturated rings. The van der Waals surface area contributed by atoms with E-state index in [4.69, 9.17) is 14.2 Å². The molecule has 3 atom stereocenters. The van der Waals surface area contributed by atoms with Gasteiger partial charge in [-0.15, -0.1) is 0 Å². The lowest BCUT2D eigenvalue weighted by molar-refractivity contribution is -0.119. The van der Waals surface area contributed by atoms with Gasteiger partial charge in [0.05, 0.1) is 38.5 Å². The van der Waals surface area contributed by atoms with Gasteiger partial charge in [-0.3, -0.25) is 4.79 Å². The Bertz CT molecular complexity index is 466. The lowest BCUT2D eigenvalue weighted by Crippen LogP contribution is -2.36. The van der Waals surface area contributed by atoms with Gasteiger partial charge in [0.2, 0.25) is 0 Å². The average Bonchev–Trinajstić information content (AvgIpc) is 3.22. The number of Topliss-reactive ketones (excluding diaryl/α,β-unsaturated/α-hetero) is 1. The van der Waals surface area contributed by atoms with Crippen LogP contribution in [0.4, 0.5) is 4.79 Å².